The van der Waals surface area contributed by atoms with Crippen LogP contribution in [0, 0.1) is 17.8 Å². The van der Waals surface area contributed by atoms with Crippen LogP contribution in [0.3, 0.4) is 0 Å². The molecule has 5 heterocycles. The van der Waals surface area contributed by atoms with E-state index in [0.717, 1.165) is 23.7 Å². The van der Waals surface area contributed by atoms with Gasteiger partial charge in [-0.05, 0) is 24.0 Å². The third kappa shape index (κ3) is 1.15. The van der Waals surface area contributed by atoms with Crippen molar-refractivity contribution in [1.29, 1.82) is 0 Å². The fourth-order valence-corrected chi connectivity index (χ4v) is 8.11. The van der Waals surface area contributed by atoms with Crippen LogP contribution >= 0.6 is 0 Å². The van der Waals surface area contributed by atoms with E-state index in [0.29, 0.717) is 29.8 Å². The van der Waals surface area contributed by atoms with Crippen molar-refractivity contribution in [3.05, 3.63) is 29.8 Å². The van der Waals surface area contributed by atoms with Gasteiger partial charge in [-0.2, -0.15) is 0 Å². The van der Waals surface area contributed by atoms with Crippen LogP contribution in [-0.2, 0) is 5.41 Å². The zero-order valence-corrected chi connectivity index (χ0v) is 14.4. The Kier molecular flexibility index (Phi) is 2.35. The fraction of sp³-hybridized carbons (Fsp3) is 0.700. The molecule has 5 bridgehead atoms. The van der Waals surface area contributed by atoms with Crippen LogP contribution in [0.5, 0.6) is 0 Å². The van der Waals surface area contributed by atoms with E-state index < -0.39 is 0 Å². The highest BCUT2D eigenvalue weighted by Crippen LogP contribution is 2.70. The zero-order valence-electron chi connectivity index (χ0n) is 14.4. The first-order valence-corrected chi connectivity index (χ1v) is 9.63. The lowest BCUT2D eigenvalue weighted by Gasteiger charge is -2.66. The molecule has 4 saturated heterocycles. The van der Waals surface area contributed by atoms with E-state index in [-0.39, 0.29) is 23.8 Å². The number of aliphatic hydroxyl groups is 2. The molecule has 0 radical (unpaired) electrons. The number of rotatable bonds is 1. The van der Waals surface area contributed by atoms with Crippen molar-refractivity contribution in [2.45, 2.75) is 62.1 Å². The number of hydrogen-bond donors (Lipinski definition) is 3. The lowest BCUT2D eigenvalue weighted by atomic mass is 9.61. The maximum absolute atomic E-state index is 11.6. The van der Waals surface area contributed by atoms with E-state index in [1.54, 1.807) is 0 Å². The molecule has 0 amide bonds. The summed E-state index contributed by atoms with van der Waals surface area (Å²) >= 11 is 0. The molecule has 10 atom stereocenters. The fourth-order valence-electron chi connectivity index (χ4n) is 8.11. The Morgan fingerprint density at radius 2 is 2.04 bits per heavy atom. The summed E-state index contributed by atoms with van der Waals surface area (Å²) in [5.41, 5.74) is 2.40. The number of quaternary nitrogens is 1. The first-order valence-electron chi connectivity index (χ1n) is 9.63. The lowest BCUT2D eigenvalue weighted by molar-refractivity contribution is -1.02. The summed E-state index contributed by atoms with van der Waals surface area (Å²) < 4.78 is 0.768. The van der Waals surface area contributed by atoms with Crippen molar-refractivity contribution in [1.82, 2.24) is 0 Å². The molecule has 6 aliphatic rings. The molecule has 1 aromatic carbocycles. The van der Waals surface area contributed by atoms with Gasteiger partial charge in [0.1, 0.15) is 6.04 Å². The third-order valence-corrected chi connectivity index (χ3v) is 8.97. The van der Waals surface area contributed by atoms with Gasteiger partial charge in [-0.15, -0.1) is 0 Å². The summed E-state index contributed by atoms with van der Waals surface area (Å²) in [5.74, 6) is 1.16. The van der Waals surface area contributed by atoms with Gasteiger partial charge in [-0.1, -0.05) is 25.1 Å². The van der Waals surface area contributed by atoms with Crippen molar-refractivity contribution in [2.75, 3.05) is 12.4 Å². The van der Waals surface area contributed by atoms with Crippen molar-refractivity contribution in [3.8, 4) is 0 Å². The van der Waals surface area contributed by atoms with Crippen LogP contribution in [0.25, 0.3) is 0 Å². The molecule has 4 nitrogen and oxygen atoms in total. The molecular formula is C20H27N2O2+. The molecule has 1 spiro atoms. The summed E-state index contributed by atoms with van der Waals surface area (Å²) in [6.45, 7) is 2.20. The predicted molar refractivity (Wildman–Crippen MR) is 91.3 cm³/mol. The minimum Gasteiger partial charge on any atom is -0.392 e. The van der Waals surface area contributed by atoms with E-state index >= 15 is 0 Å². The number of para-hydroxylation sites is 1. The van der Waals surface area contributed by atoms with E-state index in [9.17, 15) is 10.2 Å². The molecule has 4 heteroatoms. The summed E-state index contributed by atoms with van der Waals surface area (Å²) in [6.07, 6.45) is 2.64. The first kappa shape index (κ1) is 14.1. The second-order valence-corrected chi connectivity index (χ2v) is 9.18. The average molecular weight is 327 g/mol. The minimum absolute atomic E-state index is 0.133. The average Bonchev–Trinajstić information content (AvgIpc) is 3.03. The van der Waals surface area contributed by atoms with Crippen LogP contribution in [-0.4, -0.2) is 52.2 Å². The minimum atomic E-state index is -0.278. The normalized spacial score (nSPS) is 58.5. The molecule has 5 fully saturated rings. The molecule has 1 saturated carbocycles. The van der Waals surface area contributed by atoms with E-state index in [2.05, 4.69) is 43.6 Å². The number of benzene rings is 1. The van der Waals surface area contributed by atoms with E-state index in [1.165, 1.54) is 11.3 Å². The molecule has 0 aromatic heterocycles. The number of anilines is 1. The molecule has 5 aliphatic heterocycles. The number of aliphatic hydroxyl groups excluding tert-OH is 2. The SMILES string of the molecule is CC[C@H]1[C@@H]2C[C@H]3[C@@H]4Nc5ccccc5[C@]45C[C@@H](C2[C@H]5O)[N+]3(C)[C@@H]1O. The molecule has 1 aromatic rings. The molecule has 7 rings (SSSR count). The summed E-state index contributed by atoms with van der Waals surface area (Å²) in [7, 11) is 2.28. The predicted octanol–water partition coefficient (Wildman–Crippen LogP) is 1.67. The molecule has 2 unspecified atom stereocenters. The van der Waals surface area contributed by atoms with Gasteiger partial charge in [0.05, 0.1) is 30.7 Å². The second kappa shape index (κ2) is 4.00. The van der Waals surface area contributed by atoms with Gasteiger partial charge in [0.15, 0.2) is 6.23 Å². The monoisotopic (exact) mass is 327 g/mol. The Bertz CT molecular complexity index is 738. The van der Waals surface area contributed by atoms with Crippen LogP contribution in [0.15, 0.2) is 24.3 Å². The number of nitrogens with zero attached hydrogens (tertiary/aromatic N) is 1. The number of fused-ring (bicyclic) bond motifs is 2. The highest BCUT2D eigenvalue weighted by molar-refractivity contribution is 5.65. The molecule has 3 N–H and O–H groups in total. The number of likely N-dealkylation sites (N-methyl/N-ethyl adjacent to an activating group) is 1. The van der Waals surface area contributed by atoms with Crippen molar-refractivity contribution >= 4 is 5.69 Å². The maximum Gasteiger partial charge on any atom is 0.193 e. The molecular weight excluding hydrogens is 300 g/mol. The second-order valence-electron chi connectivity index (χ2n) is 9.18. The number of nitrogens with one attached hydrogen (secondary N) is 1. The van der Waals surface area contributed by atoms with Gasteiger partial charge >= 0.3 is 0 Å². The molecule has 24 heavy (non-hydrogen) atoms. The smallest absolute Gasteiger partial charge is 0.193 e. The van der Waals surface area contributed by atoms with Gasteiger partial charge in [0.2, 0.25) is 0 Å². The lowest BCUT2D eigenvalue weighted by Crippen LogP contribution is -2.80. The third-order valence-electron chi connectivity index (χ3n) is 8.97. The topological polar surface area (TPSA) is 52.5 Å². The summed E-state index contributed by atoms with van der Waals surface area (Å²) in [4.78, 5) is 0. The van der Waals surface area contributed by atoms with Crippen molar-refractivity contribution in [2.24, 2.45) is 17.8 Å². The number of piperidine rings is 4. The standard InChI is InChI=1S/C20H27N2O2/c1-3-10-11-8-14-17-20(12-6-4-5-7-13(12)21-17)9-15(16(11)18(20)23)22(14,2)19(10)24/h4-7,10-11,14-19,21,23-24H,3,8-9H2,1-2H3/q+1/t10-,11-,14-,15-,16?,17-,18+,19+,20+,22?/m0/s1. The summed E-state index contributed by atoms with van der Waals surface area (Å²) in [6, 6.07) is 9.66. The first-order chi connectivity index (χ1) is 11.5. The molecule has 128 valence electrons. The van der Waals surface area contributed by atoms with Crippen molar-refractivity contribution < 1.29 is 14.7 Å². The van der Waals surface area contributed by atoms with E-state index in [1.807, 2.05) is 0 Å². The van der Waals surface area contributed by atoms with Crippen LogP contribution in [0.1, 0.15) is 31.7 Å². The van der Waals surface area contributed by atoms with Crippen LogP contribution < -0.4 is 5.32 Å². The zero-order chi connectivity index (χ0) is 16.4. The van der Waals surface area contributed by atoms with Gasteiger partial charge in [0.25, 0.3) is 0 Å². The van der Waals surface area contributed by atoms with Gasteiger partial charge in [-0.3, -0.25) is 4.48 Å². The highest BCUT2D eigenvalue weighted by Gasteiger charge is 2.81. The van der Waals surface area contributed by atoms with Gasteiger partial charge < -0.3 is 15.5 Å². The Morgan fingerprint density at radius 1 is 1.25 bits per heavy atom. The van der Waals surface area contributed by atoms with Crippen LogP contribution in [0.4, 0.5) is 5.69 Å². The Balaban J connectivity index is 1.61. The van der Waals surface area contributed by atoms with Gasteiger partial charge in [0, 0.05) is 30.4 Å². The quantitative estimate of drug-likeness (QED) is 0.688. The Hall–Kier alpha value is -1.10. The van der Waals surface area contributed by atoms with Gasteiger partial charge in [-0.25, -0.2) is 0 Å². The highest BCUT2D eigenvalue weighted by atomic mass is 16.3. The Morgan fingerprint density at radius 3 is 2.83 bits per heavy atom. The molecule has 1 aliphatic carbocycles. The number of hydrogen-bond acceptors (Lipinski definition) is 3. The summed E-state index contributed by atoms with van der Waals surface area (Å²) in [5, 5.41) is 26.6. The largest absolute Gasteiger partial charge is 0.392 e. The van der Waals surface area contributed by atoms with E-state index in [4.69, 9.17) is 0 Å². The van der Waals surface area contributed by atoms with Crippen LogP contribution in [0.2, 0.25) is 0 Å². The maximum atomic E-state index is 11.6. The van der Waals surface area contributed by atoms with Crippen molar-refractivity contribution in [3.63, 3.8) is 0 Å². The Labute approximate surface area is 143 Å².